The molecule has 0 aliphatic rings. The number of carboxylic acids is 1. The Balaban J connectivity index is 2.47. The lowest BCUT2D eigenvalue weighted by Gasteiger charge is -2.27. The van der Waals surface area contributed by atoms with E-state index in [1.165, 1.54) is 0 Å². The molecule has 0 atom stereocenters. The largest absolute Gasteiger partial charge is 0.478 e. The van der Waals surface area contributed by atoms with Gasteiger partial charge in [-0.15, -0.1) is 0 Å². The molecule has 0 aromatic heterocycles. The Morgan fingerprint density at radius 2 is 1.81 bits per heavy atom. The van der Waals surface area contributed by atoms with E-state index in [0.29, 0.717) is 5.56 Å². The number of hydrogen-bond acceptors (Lipinski definition) is 2. The molecule has 2 rings (SSSR count). The predicted molar refractivity (Wildman–Crippen MR) is 86.5 cm³/mol. The Labute approximate surface area is 125 Å². The van der Waals surface area contributed by atoms with Crippen molar-refractivity contribution >= 4 is 17.3 Å². The van der Waals surface area contributed by atoms with Crippen molar-refractivity contribution in [3.8, 4) is 0 Å². The quantitative estimate of drug-likeness (QED) is 0.840. The molecule has 0 saturated carbocycles. The number of nitrogens with zero attached hydrogens (tertiary/aromatic N) is 1. The fourth-order valence-electron chi connectivity index (χ4n) is 2.46. The number of carbonyl (C=O) groups is 1. The molecule has 2 aromatic carbocycles. The summed E-state index contributed by atoms with van der Waals surface area (Å²) in [5.41, 5.74) is 3.24. The number of para-hydroxylation sites is 1. The fraction of sp³-hybridized carbons (Fsp3) is 0.278. The molecule has 1 N–H and O–H groups in total. The molecule has 0 fully saturated rings. The Morgan fingerprint density at radius 3 is 2.43 bits per heavy atom. The second kappa shape index (κ2) is 6.93. The van der Waals surface area contributed by atoms with Gasteiger partial charge in [-0.2, -0.15) is 0 Å². The van der Waals surface area contributed by atoms with Crippen LogP contribution in [0.1, 0.15) is 35.7 Å². The van der Waals surface area contributed by atoms with Crippen LogP contribution in [-0.2, 0) is 0 Å². The lowest BCUT2D eigenvalue weighted by molar-refractivity contribution is 0.0696. The monoisotopic (exact) mass is 283 g/mol. The molecule has 110 valence electrons. The summed E-state index contributed by atoms with van der Waals surface area (Å²) in [6, 6.07) is 15.6. The summed E-state index contributed by atoms with van der Waals surface area (Å²) in [5.74, 6) is -0.877. The molecule has 21 heavy (non-hydrogen) atoms. The maximum absolute atomic E-state index is 11.3. The van der Waals surface area contributed by atoms with Gasteiger partial charge in [0.2, 0.25) is 0 Å². The van der Waals surface area contributed by atoms with Gasteiger partial charge >= 0.3 is 5.97 Å². The van der Waals surface area contributed by atoms with Gasteiger partial charge in [-0.1, -0.05) is 37.6 Å². The van der Waals surface area contributed by atoms with Crippen molar-refractivity contribution in [3.05, 3.63) is 59.7 Å². The number of aromatic carboxylic acids is 1. The molecule has 0 bridgehead atoms. The molecule has 3 heteroatoms. The van der Waals surface area contributed by atoms with E-state index in [1.807, 2.05) is 37.3 Å². The van der Waals surface area contributed by atoms with Crippen molar-refractivity contribution in [2.45, 2.75) is 26.7 Å². The maximum atomic E-state index is 11.3. The summed E-state index contributed by atoms with van der Waals surface area (Å²) >= 11 is 0. The zero-order valence-corrected chi connectivity index (χ0v) is 12.5. The second-order valence-electron chi connectivity index (χ2n) is 5.10. The number of anilines is 2. The summed E-state index contributed by atoms with van der Waals surface area (Å²) < 4.78 is 0. The van der Waals surface area contributed by atoms with Crippen molar-refractivity contribution < 1.29 is 9.90 Å². The molecular formula is C18H21NO2. The van der Waals surface area contributed by atoms with E-state index < -0.39 is 5.97 Å². The summed E-state index contributed by atoms with van der Waals surface area (Å²) in [6.45, 7) is 4.91. The minimum absolute atomic E-state index is 0.366. The Morgan fingerprint density at radius 1 is 1.10 bits per heavy atom. The van der Waals surface area contributed by atoms with Crippen LogP contribution in [0.25, 0.3) is 0 Å². The zero-order valence-electron chi connectivity index (χ0n) is 12.5. The van der Waals surface area contributed by atoms with Crippen LogP contribution in [0.2, 0.25) is 0 Å². The molecule has 3 nitrogen and oxygen atoms in total. The first-order chi connectivity index (χ1) is 10.1. The topological polar surface area (TPSA) is 40.5 Å². The van der Waals surface area contributed by atoms with E-state index in [2.05, 4.69) is 24.0 Å². The highest BCUT2D eigenvalue weighted by atomic mass is 16.4. The van der Waals surface area contributed by atoms with E-state index >= 15 is 0 Å². The molecule has 0 unspecified atom stereocenters. The van der Waals surface area contributed by atoms with Crippen LogP contribution in [0.15, 0.2) is 48.5 Å². The number of carboxylic acid groups (broad SMARTS) is 1. The molecular weight excluding hydrogens is 262 g/mol. The van der Waals surface area contributed by atoms with Gasteiger partial charge in [0.25, 0.3) is 0 Å². The summed E-state index contributed by atoms with van der Waals surface area (Å²) in [4.78, 5) is 13.5. The number of hydrogen-bond donors (Lipinski definition) is 1. The molecule has 0 aliphatic carbocycles. The Bertz CT molecular complexity index is 608. The van der Waals surface area contributed by atoms with Crippen molar-refractivity contribution in [2.24, 2.45) is 0 Å². The van der Waals surface area contributed by atoms with Gasteiger partial charge in [0.1, 0.15) is 0 Å². The Kier molecular flexibility index (Phi) is 4.99. The third-order valence-corrected chi connectivity index (χ3v) is 3.63. The van der Waals surface area contributed by atoms with E-state index in [9.17, 15) is 9.90 Å². The average Bonchev–Trinajstić information content (AvgIpc) is 2.50. The molecule has 0 radical (unpaired) electrons. The smallest absolute Gasteiger partial charge is 0.336 e. The molecule has 0 saturated heterocycles. The first-order valence-corrected chi connectivity index (χ1v) is 7.30. The van der Waals surface area contributed by atoms with Gasteiger partial charge in [0.15, 0.2) is 0 Å². The lowest BCUT2D eigenvalue weighted by atomic mass is 10.0. The minimum Gasteiger partial charge on any atom is -0.478 e. The highest BCUT2D eigenvalue weighted by Crippen LogP contribution is 2.30. The molecule has 0 heterocycles. The van der Waals surface area contributed by atoms with Crippen LogP contribution in [0.4, 0.5) is 11.4 Å². The lowest BCUT2D eigenvalue weighted by Crippen LogP contribution is -2.20. The summed E-state index contributed by atoms with van der Waals surface area (Å²) in [5, 5.41) is 9.30. The summed E-state index contributed by atoms with van der Waals surface area (Å²) in [7, 11) is 0. The average molecular weight is 283 g/mol. The molecule has 2 aromatic rings. The molecule has 0 amide bonds. The van der Waals surface area contributed by atoms with Gasteiger partial charge in [-0.3, -0.25) is 0 Å². The van der Waals surface area contributed by atoms with Crippen LogP contribution in [0.5, 0.6) is 0 Å². The normalized spacial score (nSPS) is 10.4. The van der Waals surface area contributed by atoms with Gasteiger partial charge < -0.3 is 10.0 Å². The van der Waals surface area contributed by atoms with E-state index in [1.54, 1.807) is 6.07 Å². The van der Waals surface area contributed by atoms with Crippen molar-refractivity contribution in [2.75, 3.05) is 11.4 Å². The van der Waals surface area contributed by atoms with E-state index in [-0.39, 0.29) is 0 Å². The number of benzene rings is 2. The third-order valence-electron chi connectivity index (χ3n) is 3.63. The van der Waals surface area contributed by atoms with Gasteiger partial charge in [0.05, 0.1) is 5.56 Å². The van der Waals surface area contributed by atoms with Gasteiger partial charge in [-0.25, -0.2) is 4.79 Å². The minimum atomic E-state index is -0.877. The Hall–Kier alpha value is -2.29. The maximum Gasteiger partial charge on any atom is 0.336 e. The first kappa shape index (κ1) is 15.1. The standard InChI is InChI=1S/C18H21NO2/c1-3-4-13-19(15-9-6-5-7-10-15)17-12-8-11-16(14(17)2)18(20)21/h5-12H,3-4,13H2,1-2H3,(H,20,21). The molecule has 0 spiro atoms. The van der Waals surface area contributed by atoms with Crippen LogP contribution < -0.4 is 4.90 Å². The van der Waals surface area contributed by atoms with Crippen LogP contribution >= 0.6 is 0 Å². The first-order valence-electron chi connectivity index (χ1n) is 7.30. The van der Waals surface area contributed by atoms with Crippen LogP contribution in [-0.4, -0.2) is 17.6 Å². The molecule has 0 aliphatic heterocycles. The summed E-state index contributed by atoms with van der Waals surface area (Å²) in [6.07, 6.45) is 2.16. The fourth-order valence-corrected chi connectivity index (χ4v) is 2.46. The van der Waals surface area contributed by atoms with E-state index in [0.717, 1.165) is 36.3 Å². The predicted octanol–water partition coefficient (Wildman–Crippen LogP) is 4.63. The van der Waals surface area contributed by atoms with Crippen LogP contribution in [0, 0.1) is 6.92 Å². The van der Waals surface area contributed by atoms with Gasteiger partial charge in [0, 0.05) is 17.9 Å². The SMILES string of the molecule is CCCCN(c1ccccc1)c1cccc(C(=O)O)c1C. The zero-order chi connectivity index (χ0) is 15.2. The number of rotatable bonds is 6. The second-order valence-corrected chi connectivity index (χ2v) is 5.10. The van der Waals surface area contributed by atoms with Crippen molar-refractivity contribution in [3.63, 3.8) is 0 Å². The number of unbranched alkanes of at least 4 members (excludes halogenated alkanes) is 1. The van der Waals surface area contributed by atoms with E-state index in [4.69, 9.17) is 0 Å². The van der Waals surface area contributed by atoms with Crippen LogP contribution in [0.3, 0.4) is 0 Å². The highest BCUT2D eigenvalue weighted by Gasteiger charge is 2.15. The highest BCUT2D eigenvalue weighted by molar-refractivity contribution is 5.91. The van der Waals surface area contributed by atoms with Gasteiger partial charge in [-0.05, 0) is 43.2 Å². The van der Waals surface area contributed by atoms with Crippen molar-refractivity contribution in [1.82, 2.24) is 0 Å². The third kappa shape index (κ3) is 3.43. The van der Waals surface area contributed by atoms with Crippen molar-refractivity contribution in [1.29, 1.82) is 0 Å².